The highest BCUT2D eigenvalue weighted by molar-refractivity contribution is 7.80. The fourth-order valence-corrected chi connectivity index (χ4v) is 1.58. The summed E-state index contributed by atoms with van der Waals surface area (Å²) >= 11 is 4.83. The summed E-state index contributed by atoms with van der Waals surface area (Å²) in [4.78, 5) is 4.29. The molecule has 0 unspecified atom stereocenters. The van der Waals surface area contributed by atoms with E-state index in [2.05, 4.69) is 10.3 Å². The minimum absolute atomic E-state index is 0.253. The van der Waals surface area contributed by atoms with Crippen molar-refractivity contribution in [2.75, 3.05) is 5.32 Å². The topological polar surface area (TPSA) is 50.9 Å². The summed E-state index contributed by atoms with van der Waals surface area (Å²) < 4.78 is 0. The Morgan fingerprint density at radius 1 is 1.12 bits per heavy atom. The van der Waals surface area contributed by atoms with Crippen LogP contribution in [0.2, 0.25) is 0 Å². The lowest BCUT2D eigenvalue weighted by Gasteiger charge is -2.09. The third-order valence-corrected chi connectivity index (χ3v) is 2.23. The standard InChI is InChI=1S/C12H11N3S/c13-12(16)15-11-7-2-1-5-9(11)10-6-3-4-8-14-10/h1-8H,(H3,13,15,16). The molecule has 0 aliphatic carbocycles. The second kappa shape index (κ2) is 4.72. The fourth-order valence-electron chi connectivity index (χ4n) is 1.47. The number of rotatable bonds is 2. The molecule has 0 bridgehead atoms. The Morgan fingerprint density at radius 3 is 2.56 bits per heavy atom. The lowest BCUT2D eigenvalue weighted by atomic mass is 10.1. The highest BCUT2D eigenvalue weighted by atomic mass is 32.1. The molecule has 4 heteroatoms. The molecule has 0 aliphatic heterocycles. The van der Waals surface area contributed by atoms with Gasteiger partial charge < -0.3 is 11.1 Å². The van der Waals surface area contributed by atoms with Crippen LogP contribution in [0.4, 0.5) is 5.69 Å². The van der Waals surface area contributed by atoms with Crippen LogP contribution in [0, 0.1) is 0 Å². The van der Waals surface area contributed by atoms with Gasteiger partial charge in [0.15, 0.2) is 5.11 Å². The minimum Gasteiger partial charge on any atom is -0.376 e. The number of anilines is 1. The average Bonchev–Trinajstić information content (AvgIpc) is 2.30. The van der Waals surface area contributed by atoms with Crippen molar-refractivity contribution < 1.29 is 0 Å². The maximum absolute atomic E-state index is 5.47. The van der Waals surface area contributed by atoms with Gasteiger partial charge in [0, 0.05) is 17.4 Å². The van der Waals surface area contributed by atoms with Crippen LogP contribution >= 0.6 is 12.2 Å². The fraction of sp³-hybridized carbons (Fsp3) is 0. The molecule has 1 aromatic carbocycles. The van der Waals surface area contributed by atoms with Crippen molar-refractivity contribution in [3.8, 4) is 11.3 Å². The third kappa shape index (κ3) is 2.35. The van der Waals surface area contributed by atoms with Gasteiger partial charge in [0.2, 0.25) is 0 Å². The summed E-state index contributed by atoms with van der Waals surface area (Å²) in [6.45, 7) is 0. The molecule has 16 heavy (non-hydrogen) atoms. The number of benzene rings is 1. The number of nitrogens with one attached hydrogen (secondary N) is 1. The van der Waals surface area contributed by atoms with Gasteiger partial charge in [0.25, 0.3) is 0 Å². The van der Waals surface area contributed by atoms with Crippen molar-refractivity contribution in [1.29, 1.82) is 0 Å². The second-order valence-corrected chi connectivity index (χ2v) is 3.69. The minimum atomic E-state index is 0.253. The van der Waals surface area contributed by atoms with Crippen molar-refractivity contribution in [1.82, 2.24) is 4.98 Å². The van der Waals surface area contributed by atoms with Crippen molar-refractivity contribution in [3.05, 3.63) is 48.7 Å². The maximum atomic E-state index is 5.47. The molecular formula is C12H11N3S. The number of aromatic nitrogens is 1. The Hall–Kier alpha value is -1.94. The molecule has 0 amide bonds. The summed E-state index contributed by atoms with van der Waals surface area (Å²) in [6.07, 6.45) is 1.76. The van der Waals surface area contributed by atoms with Gasteiger partial charge >= 0.3 is 0 Å². The van der Waals surface area contributed by atoms with Crippen LogP contribution in [0.3, 0.4) is 0 Å². The molecule has 2 aromatic rings. The predicted octanol–water partition coefficient (Wildman–Crippen LogP) is 2.40. The Morgan fingerprint density at radius 2 is 1.88 bits per heavy atom. The smallest absolute Gasteiger partial charge is 0.168 e. The van der Waals surface area contributed by atoms with E-state index in [9.17, 15) is 0 Å². The zero-order valence-electron chi connectivity index (χ0n) is 8.55. The molecular weight excluding hydrogens is 218 g/mol. The number of nitrogens with two attached hydrogens (primary N) is 1. The van der Waals surface area contributed by atoms with Gasteiger partial charge in [-0.05, 0) is 30.4 Å². The third-order valence-electron chi connectivity index (χ3n) is 2.13. The molecule has 0 fully saturated rings. The van der Waals surface area contributed by atoms with Gasteiger partial charge in [-0.2, -0.15) is 0 Å². The molecule has 1 aromatic heterocycles. The zero-order valence-corrected chi connectivity index (χ0v) is 9.37. The van der Waals surface area contributed by atoms with Crippen LogP contribution in [0.25, 0.3) is 11.3 Å². The van der Waals surface area contributed by atoms with E-state index in [1.54, 1.807) is 6.20 Å². The number of nitrogens with zero attached hydrogens (tertiary/aromatic N) is 1. The summed E-state index contributed by atoms with van der Waals surface area (Å²) in [5.74, 6) is 0. The number of thiocarbonyl (C=S) groups is 1. The van der Waals surface area contributed by atoms with Gasteiger partial charge in [-0.15, -0.1) is 0 Å². The number of pyridine rings is 1. The average molecular weight is 229 g/mol. The number of para-hydroxylation sites is 1. The quantitative estimate of drug-likeness (QED) is 0.776. The molecule has 3 N–H and O–H groups in total. The van der Waals surface area contributed by atoms with Crippen molar-refractivity contribution in [2.45, 2.75) is 0 Å². The van der Waals surface area contributed by atoms with Crippen molar-refractivity contribution >= 4 is 23.0 Å². The predicted molar refractivity (Wildman–Crippen MR) is 70.1 cm³/mol. The first kappa shape index (κ1) is 10.6. The Balaban J connectivity index is 2.44. The summed E-state index contributed by atoms with van der Waals surface area (Å²) in [6, 6.07) is 13.5. The summed E-state index contributed by atoms with van der Waals surface area (Å²) in [5, 5.41) is 3.19. The monoisotopic (exact) mass is 229 g/mol. The second-order valence-electron chi connectivity index (χ2n) is 3.25. The van der Waals surface area contributed by atoms with E-state index in [-0.39, 0.29) is 5.11 Å². The van der Waals surface area contributed by atoms with Crippen molar-refractivity contribution in [2.24, 2.45) is 5.73 Å². The summed E-state index contributed by atoms with van der Waals surface area (Å²) in [5.41, 5.74) is 8.21. The summed E-state index contributed by atoms with van der Waals surface area (Å²) in [7, 11) is 0. The van der Waals surface area contributed by atoms with E-state index in [4.69, 9.17) is 18.0 Å². The molecule has 0 spiro atoms. The van der Waals surface area contributed by atoms with Gasteiger partial charge in [-0.25, -0.2) is 0 Å². The Labute approximate surface area is 99.3 Å². The molecule has 0 radical (unpaired) electrons. The number of hydrogen-bond acceptors (Lipinski definition) is 2. The van der Waals surface area contributed by atoms with Crippen LogP contribution in [-0.4, -0.2) is 10.1 Å². The molecule has 80 valence electrons. The first-order chi connectivity index (χ1) is 7.77. The number of hydrogen-bond donors (Lipinski definition) is 2. The lowest BCUT2D eigenvalue weighted by Crippen LogP contribution is -2.19. The highest BCUT2D eigenvalue weighted by Gasteiger charge is 2.04. The van der Waals surface area contributed by atoms with Gasteiger partial charge in [0.05, 0.1) is 5.69 Å². The molecule has 0 atom stereocenters. The van der Waals surface area contributed by atoms with E-state index in [0.717, 1.165) is 16.9 Å². The highest BCUT2D eigenvalue weighted by Crippen LogP contribution is 2.25. The maximum Gasteiger partial charge on any atom is 0.168 e. The van der Waals surface area contributed by atoms with Crippen LogP contribution in [0.5, 0.6) is 0 Å². The van der Waals surface area contributed by atoms with E-state index in [1.807, 2.05) is 42.5 Å². The normalized spacial score (nSPS) is 9.75. The first-order valence-corrected chi connectivity index (χ1v) is 5.25. The first-order valence-electron chi connectivity index (χ1n) is 4.84. The largest absolute Gasteiger partial charge is 0.376 e. The van der Waals surface area contributed by atoms with Crippen LogP contribution in [-0.2, 0) is 0 Å². The molecule has 3 nitrogen and oxygen atoms in total. The van der Waals surface area contributed by atoms with Crippen LogP contribution in [0.15, 0.2) is 48.7 Å². The molecule has 1 heterocycles. The van der Waals surface area contributed by atoms with Crippen molar-refractivity contribution in [3.63, 3.8) is 0 Å². The zero-order chi connectivity index (χ0) is 11.4. The molecule has 0 aliphatic rings. The van der Waals surface area contributed by atoms with Gasteiger partial charge in [-0.1, -0.05) is 24.3 Å². The lowest BCUT2D eigenvalue weighted by molar-refractivity contribution is 1.33. The Kier molecular flexibility index (Phi) is 3.12. The SMILES string of the molecule is NC(=S)Nc1ccccc1-c1ccccn1. The van der Waals surface area contributed by atoms with E-state index < -0.39 is 0 Å². The molecule has 2 rings (SSSR count). The van der Waals surface area contributed by atoms with E-state index >= 15 is 0 Å². The van der Waals surface area contributed by atoms with Gasteiger partial charge in [-0.3, -0.25) is 4.98 Å². The molecule has 0 saturated heterocycles. The van der Waals surface area contributed by atoms with Crippen LogP contribution < -0.4 is 11.1 Å². The Bertz CT molecular complexity index is 497. The van der Waals surface area contributed by atoms with E-state index in [1.165, 1.54) is 0 Å². The van der Waals surface area contributed by atoms with Gasteiger partial charge in [0.1, 0.15) is 0 Å². The van der Waals surface area contributed by atoms with Crippen LogP contribution in [0.1, 0.15) is 0 Å². The molecule has 0 saturated carbocycles. The van der Waals surface area contributed by atoms with E-state index in [0.29, 0.717) is 0 Å².